The molecule has 0 saturated carbocycles. The van der Waals surface area contributed by atoms with Gasteiger partial charge in [-0.15, -0.1) is 0 Å². The monoisotopic (exact) mass is 393 g/mol. The van der Waals surface area contributed by atoms with Crippen molar-refractivity contribution in [3.8, 4) is 17.9 Å². The molecule has 0 fully saturated rings. The number of aromatic nitrogens is 3. The van der Waals surface area contributed by atoms with Gasteiger partial charge < -0.3 is 9.30 Å². The van der Waals surface area contributed by atoms with E-state index in [9.17, 15) is 5.26 Å². The molecule has 0 spiro atoms. The zero-order valence-electron chi connectivity index (χ0n) is 16.7. The van der Waals surface area contributed by atoms with Gasteiger partial charge in [0.2, 0.25) is 0 Å². The molecular weight excluding hydrogens is 374 g/mol. The van der Waals surface area contributed by atoms with Crippen molar-refractivity contribution in [1.82, 2.24) is 14.5 Å². The van der Waals surface area contributed by atoms with Gasteiger partial charge in [0, 0.05) is 0 Å². The number of hydrogen-bond acceptors (Lipinski definition) is 5. The lowest BCUT2D eigenvalue weighted by atomic mass is 10.1. The smallest absolute Gasteiger partial charge is 0.148 e. The first-order chi connectivity index (χ1) is 14.6. The molecule has 0 aliphatic heterocycles. The molecule has 30 heavy (non-hydrogen) atoms. The number of hydrogen-bond donors (Lipinski definition) is 0. The molecule has 1 atom stereocenters. The van der Waals surface area contributed by atoms with E-state index in [0.29, 0.717) is 17.0 Å². The molecule has 4 rings (SSSR count). The molecule has 0 amide bonds. The first-order valence-corrected chi connectivity index (χ1v) is 9.56. The van der Waals surface area contributed by atoms with Gasteiger partial charge in [0.15, 0.2) is 0 Å². The Morgan fingerprint density at radius 2 is 1.87 bits per heavy atom. The maximum atomic E-state index is 9.34. The molecule has 2 aromatic heterocycles. The number of fused-ring (bicyclic) bond motifs is 1. The third-order valence-corrected chi connectivity index (χ3v) is 5.09. The molecule has 146 valence electrons. The molecule has 6 nitrogen and oxygen atoms in total. The summed E-state index contributed by atoms with van der Waals surface area (Å²) in [5, 5.41) is 18.4. The minimum atomic E-state index is 0.00423. The van der Waals surface area contributed by atoms with Gasteiger partial charge in [0.1, 0.15) is 29.9 Å². The number of ether oxygens (including phenoxy) is 1. The van der Waals surface area contributed by atoms with Crippen LogP contribution in [0.15, 0.2) is 60.8 Å². The number of benzene rings is 2. The Hall–Kier alpha value is -4.16. The third-order valence-electron chi connectivity index (χ3n) is 5.09. The van der Waals surface area contributed by atoms with Crippen LogP contribution in [0.4, 0.5) is 0 Å². The van der Waals surface area contributed by atoms with Crippen LogP contribution in [0.1, 0.15) is 41.2 Å². The Kier molecular flexibility index (Phi) is 5.15. The fourth-order valence-electron chi connectivity index (χ4n) is 3.52. The van der Waals surface area contributed by atoms with Crippen molar-refractivity contribution >= 4 is 11.0 Å². The Morgan fingerprint density at radius 1 is 1.07 bits per heavy atom. The van der Waals surface area contributed by atoms with E-state index in [-0.39, 0.29) is 12.6 Å². The lowest BCUT2D eigenvalue weighted by molar-refractivity contribution is 0.287. The minimum absolute atomic E-state index is 0.00423. The van der Waals surface area contributed by atoms with Gasteiger partial charge in [0.05, 0.1) is 34.9 Å². The van der Waals surface area contributed by atoms with Crippen molar-refractivity contribution in [3.05, 3.63) is 89.0 Å². The standard InChI is InChI=1S/C24H19N5O/c1-16-10-20(14-27-22(16)13-26)30-15-24-28-21-9-8-18(12-25)11-23(21)29(24)17(2)19-6-4-3-5-7-19/h3-11,14,17H,15H2,1-2H3/t17-/m0/s1. The first kappa shape index (κ1) is 19.2. The number of aryl methyl sites for hydroxylation is 1. The summed E-state index contributed by atoms with van der Waals surface area (Å²) < 4.78 is 8.07. The molecule has 0 saturated heterocycles. The SMILES string of the molecule is Cc1cc(OCc2nc3ccc(C#N)cc3n2[C@@H](C)c2ccccc2)cnc1C#N. The van der Waals surface area contributed by atoms with Crippen LogP contribution >= 0.6 is 0 Å². The normalized spacial score (nSPS) is 11.6. The lowest BCUT2D eigenvalue weighted by Crippen LogP contribution is -2.13. The zero-order chi connectivity index (χ0) is 21.1. The summed E-state index contributed by atoms with van der Waals surface area (Å²) in [6, 6.07) is 21.7. The fraction of sp³-hybridized carbons (Fsp3) is 0.167. The number of nitriles is 2. The Labute approximate surface area is 174 Å². The summed E-state index contributed by atoms with van der Waals surface area (Å²) in [7, 11) is 0. The lowest BCUT2D eigenvalue weighted by Gasteiger charge is -2.18. The van der Waals surface area contributed by atoms with Gasteiger partial charge in [-0.3, -0.25) is 0 Å². The molecule has 0 aliphatic rings. The summed E-state index contributed by atoms with van der Waals surface area (Å²) in [5.74, 6) is 1.33. The molecule has 2 aromatic carbocycles. The van der Waals surface area contributed by atoms with Crippen LogP contribution < -0.4 is 4.74 Å². The maximum Gasteiger partial charge on any atom is 0.148 e. The molecular formula is C24H19N5O. The third kappa shape index (κ3) is 3.59. The van der Waals surface area contributed by atoms with Crippen molar-refractivity contribution in [2.75, 3.05) is 0 Å². The van der Waals surface area contributed by atoms with Gasteiger partial charge in [-0.1, -0.05) is 30.3 Å². The second kappa shape index (κ2) is 8.06. The van der Waals surface area contributed by atoms with Gasteiger partial charge in [0.25, 0.3) is 0 Å². The highest BCUT2D eigenvalue weighted by molar-refractivity contribution is 5.78. The number of pyridine rings is 1. The fourth-order valence-corrected chi connectivity index (χ4v) is 3.52. The first-order valence-electron chi connectivity index (χ1n) is 9.56. The van der Waals surface area contributed by atoms with E-state index in [0.717, 1.165) is 28.0 Å². The van der Waals surface area contributed by atoms with E-state index in [2.05, 4.69) is 40.7 Å². The molecule has 0 aliphatic carbocycles. The molecule has 4 aromatic rings. The summed E-state index contributed by atoms with van der Waals surface area (Å²) in [4.78, 5) is 8.89. The van der Waals surface area contributed by atoms with Crippen molar-refractivity contribution in [2.45, 2.75) is 26.5 Å². The van der Waals surface area contributed by atoms with E-state index in [4.69, 9.17) is 15.0 Å². The average molecular weight is 393 g/mol. The van der Waals surface area contributed by atoms with E-state index >= 15 is 0 Å². The van der Waals surface area contributed by atoms with Crippen molar-refractivity contribution < 1.29 is 4.74 Å². The number of imidazole rings is 1. The summed E-state index contributed by atoms with van der Waals surface area (Å²) in [5.41, 5.74) is 4.57. The number of nitrogens with zero attached hydrogens (tertiary/aromatic N) is 5. The van der Waals surface area contributed by atoms with Crippen LogP contribution in [-0.4, -0.2) is 14.5 Å². The molecule has 0 bridgehead atoms. The Morgan fingerprint density at radius 3 is 2.57 bits per heavy atom. The van der Waals surface area contributed by atoms with Crippen LogP contribution in [0.25, 0.3) is 11.0 Å². The summed E-state index contributed by atoms with van der Waals surface area (Å²) in [6.45, 7) is 4.17. The molecule has 0 radical (unpaired) electrons. The molecule has 2 heterocycles. The minimum Gasteiger partial charge on any atom is -0.484 e. The Balaban J connectivity index is 1.74. The second-order valence-corrected chi connectivity index (χ2v) is 7.04. The van der Waals surface area contributed by atoms with Crippen molar-refractivity contribution in [1.29, 1.82) is 10.5 Å². The van der Waals surface area contributed by atoms with E-state index in [1.165, 1.54) is 0 Å². The summed E-state index contributed by atoms with van der Waals surface area (Å²) in [6.07, 6.45) is 1.55. The second-order valence-electron chi connectivity index (χ2n) is 7.04. The highest BCUT2D eigenvalue weighted by atomic mass is 16.5. The van der Waals surface area contributed by atoms with Crippen LogP contribution in [-0.2, 0) is 6.61 Å². The van der Waals surface area contributed by atoms with Crippen LogP contribution in [0, 0.1) is 29.6 Å². The van der Waals surface area contributed by atoms with Crippen LogP contribution in [0.2, 0.25) is 0 Å². The average Bonchev–Trinajstić information content (AvgIpc) is 3.15. The quantitative estimate of drug-likeness (QED) is 0.492. The predicted molar refractivity (Wildman–Crippen MR) is 113 cm³/mol. The molecule has 0 unspecified atom stereocenters. The number of rotatable bonds is 5. The van der Waals surface area contributed by atoms with E-state index < -0.39 is 0 Å². The molecule has 0 N–H and O–H groups in total. The van der Waals surface area contributed by atoms with Crippen LogP contribution in [0.3, 0.4) is 0 Å². The zero-order valence-corrected chi connectivity index (χ0v) is 16.7. The van der Waals surface area contributed by atoms with E-state index in [1.807, 2.05) is 37.3 Å². The van der Waals surface area contributed by atoms with Gasteiger partial charge in [-0.25, -0.2) is 9.97 Å². The molecule has 6 heteroatoms. The van der Waals surface area contributed by atoms with Crippen molar-refractivity contribution in [2.24, 2.45) is 0 Å². The van der Waals surface area contributed by atoms with Gasteiger partial charge >= 0.3 is 0 Å². The van der Waals surface area contributed by atoms with Gasteiger partial charge in [-0.05, 0) is 49.2 Å². The topological polar surface area (TPSA) is 87.5 Å². The maximum absolute atomic E-state index is 9.34. The van der Waals surface area contributed by atoms with Gasteiger partial charge in [-0.2, -0.15) is 10.5 Å². The van der Waals surface area contributed by atoms with Crippen LogP contribution in [0.5, 0.6) is 5.75 Å². The predicted octanol–water partition coefficient (Wildman–Crippen LogP) is 4.67. The largest absolute Gasteiger partial charge is 0.484 e. The Bertz CT molecular complexity index is 1300. The summed E-state index contributed by atoms with van der Waals surface area (Å²) >= 11 is 0. The highest BCUT2D eigenvalue weighted by Gasteiger charge is 2.18. The van der Waals surface area contributed by atoms with Crippen molar-refractivity contribution in [3.63, 3.8) is 0 Å². The van der Waals surface area contributed by atoms with E-state index in [1.54, 1.807) is 18.3 Å². The highest BCUT2D eigenvalue weighted by Crippen LogP contribution is 2.27.